The fourth-order valence-corrected chi connectivity index (χ4v) is 2.27. The first-order chi connectivity index (χ1) is 8.72. The predicted molar refractivity (Wildman–Crippen MR) is 69.9 cm³/mol. The van der Waals surface area contributed by atoms with E-state index in [1.54, 1.807) is 6.92 Å². The van der Waals surface area contributed by atoms with Gasteiger partial charge in [-0.1, -0.05) is 15.9 Å². The summed E-state index contributed by atoms with van der Waals surface area (Å²) in [6.45, 7) is 3.93. The minimum atomic E-state index is -0.0658. The number of ether oxygens (including phenoxy) is 1. The zero-order chi connectivity index (χ0) is 13.0. The molecule has 2 heterocycles. The van der Waals surface area contributed by atoms with Gasteiger partial charge in [0.15, 0.2) is 6.39 Å². The second-order valence-electron chi connectivity index (χ2n) is 4.32. The molecular formula is C12H17BrN2O3. The van der Waals surface area contributed by atoms with Crippen molar-refractivity contribution in [1.82, 2.24) is 9.88 Å². The molecule has 0 bridgehead atoms. The van der Waals surface area contributed by atoms with Crippen LogP contribution in [0.4, 0.5) is 0 Å². The van der Waals surface area contributed by atoms with Crippen LogP contribution < -0.4 is 0 Å². The summed E-state index contributed by atoms with van der Waals surface area (Å²) in [6, 6.07) is 0. The molecule has 0 aliphatic carbocycles. The number of halogens is 1. The molecular weight excluding hydrogens is 300 g/mol. The quantitative estimate of drug-likeness (QED) is 0.797. The Morgan fingerprint density at radius 3 is 2.89 bits per heavy atom. The lowest BCUT2D eigenvalue weighted by atomic mass is 10.1. The number of hydrogen-bond acceptors (Lipinski definition) is 4. The second kappa shape index (κ2) is 6.33. The second-order valence-corrected chi connectivity index (χ2v) is 5.11. The Hall–Kier alpha value is -0.880. The zero-order valence-electron chi connectivity index (χ0n) is 10.4. The number of carbonyl (C=O) groups is 1. The number of nitrogens with zero attached hydrogens (tertiary/aromatic N) is 2. The maximum atomic E-state index is 12.1. The molecule has 1 aliphatic rings. The van der Waals surface area contributed by atoms with E-state index in [0.29, 0.717) is 24.5 Å². The monoisotopic (exact) mass is 316 g/mol. The van der Waals surface area contributed by atoms with Gasteiger partial charge < -0.3 is 14.1 Å². The maximum absolute atomic E-state index is 12.1. The average molecular weight is 317 g/mol. The van der Waals surface area contributed by atoms with E-state index in [0.717, 1.165) is 24.8 Å². The molecule has 1 aliphatic heterocycles. The minimum absolute atomic E-state index is 0.0658. The lowest BCUT2D eigenvalue weighted by Crippen LogP contribution is -2.41. The molecule has 0 radical (unpaired) electrons. The summed E-state index contributed by atoms with van der Waals surface area (Å²) in [7, 11) is 0. The third-order valence-electron chi connectivity index (χ3n) is 3.10. The van der Waals surface area contributed by atoms with Crippen LogP contribution in [-0.2, 0) is 4.74 Å². The largest absolute Gasteiger partial charge is 0.438 e. The van der Waals surface area contributed by atoms with E-state index in [1.807, 2.05) is 4.90 Å². The predicted octanol–water partition coefficient (Wildman–Crippen LogP) is 2.00. The lowest BCUT2D eigenvalue weighted by molar-refractivity contribution is 0.0150. The van der Waals surface area contributed by atoms with Crippen molar-refractivity contribution >= 4 is 21.8 Å². The fraction of sp³-hybridized carbons (Fsp3) is 0.667. The van der Waals surface area contributed by atoms with Crippen molar-refractivity contribution < 1.29 is 13.9 Å². The molecule has 0 spiro atoms. The molecule has 5 nitrogen and oxygen atoms in total. The first-order valence-electron chi connectivity index (χ1n) is 6.09. The topological polar surface area (TPSA) is 55.6 Å². The number of rotatable bonds is 4. The molecule has 1 aromatic heterocycles. The number of aryl methyl sites for hydroxylation is 1. The van der Waals surface area contributed by atoms with Crippen molar-refractivity contribution in [2.24, 2.45) is 0 Å². The van der Waals surface area contributed by atoms with Crippen molar-refractivity contribution in [3.63, 3.8) is 0 Å². The number of oxazole rings is 1. The molecule has 100 valence electrons. The van der Waals surface area contributed by atoms with Crippen LogP contribution in [0, 0.1) is 6.92 Å². The van der Waals surface area contributed by atoms with Gasteiger partial charge in [-0.05, 0) is 19.8 Å². The number of likely N-dealkylation sites (tertiary alicyclic amines) is 1. The number of amides is 1. The van der Waals surface area contributed by atoms with Gasteiger partial charge in [0.25, 0.3) is 5.91 Å². The van der Waals surface area contributed by atoms with Gasteiger partial charge in [-0.15, -0.1) is 0 Å². The molecule has 0 unspecified atom stereocenters. The van der Waals surface area contributed by atoms with E-state index in [2.05, 4.69) is 20.9 Å². The first kappa shape index (κ1) is 13.5. The summed E-state index contributed by atoms with van der Waals surface area (Å²) in [5, 5.41) is 0.851. The Balaban J connectivity index is 1.86. The smallest absolute Gasteiger partial charge is 0.291 e. The van der Waals surface area contributed by atoms with Crippen LogP contribution in [0.1, 0.15) is 29.1 Å². The van der Waals surface area contributed by atoms with E-state index < -0.39 is 0 Å². The Labute approximate surface area is 115 Å². The van der Waals surface area contributed by atoms with Crippen molar-refractivity contribution in [1.29, 1.82) is 0 Å². The first-order valence-corrected chi connectivity index (χ1v) is 7.21. The maximum Gasteiger partial charge on any atom is 0.291 e. The fourth-order valence-electron chi connectivity index (χ4n) is 2.09. The molecule has 1 fully saturated rings. The van der Waals surface area contributed by atoms with Crippen LogP contribution in [0.15, 0.2) is 10.8 Å². The molecule has 1 saturated heterocycles. The van der Waals surface area contributed by atoms with Crippen LogP contribution in [-0.4, -0.2) is 46.9 Å². The number of hydrogen-bond donors (Lipinski definition) is 0. The summed E-state index contributed by atoms with van der Waals surface area (Å²) >= 11 is 3.34. The van der Waals surface area contributed by atoms with Gasteiger partial charge in [0.1, 0.15) is 0 Å². The molecule has 0 atom stereocenters. The standard InChI is InChI=1S/C12H17BrN2O3/c1-9-11(18-8-14-9)12(16)15-5-2-10(3-6-15)17-7-4-13/h8,10H,2-7H2,1H3. The van der Waals surface area contributed by atoms with Gasteiger partial charge in [-0.3, -0.25) is 4.79 Å². The zero-order valence-corrected chi connectivity index (χ0v) is 12.0. The van der Waals surface area contributed by atoms with Gasteiger partial charge in [0.05, 0.1) is 18.4 Å². The van der Waals surface area contributed by atoms with E-state index in [1.165, 1.54) is 6.39 Å². The molecule has 0 N–H and O–H groups in total. The van der Waals surface area contributed by atoms with Gasteiger partial charge in [0.2, 0.25) is 5.76 Å². The Bertz CT molecular complexity index is 400. The van der Waals surface area contributed by atoms with Crippen LogP contribution in [0.5, 0.6) is 0 Å². The van der Waals surface area contributed by atoms with Crippen molar-refractivity contribution in [3.8, 4) is 0 Å². The van der Waals surface area contributed by atoms with E-state index in [4.69, 9.17) is 9.15 Å². The third-order valence-corrected chi connectivity index (χ3v) is 3.42. The highest BCUT2D eigenvalue weighted by Gasteiger charge is 2.26. The van der Waals surface area contributed by atoms with E-state index in [9.17, 15) is 4.79 Å². The molecule has 1 aromatic rings. The number of piperidine rings is 1. The highest BCUT2D eigenvalue weighted by Crippen LogP contribution is 2.17. The molecule has 1 amide bonds. The van der Waals surface area contributed by atoms with Crippen LogP contribution >= 0.6 is 15.9 Å². The van der Waals surface area contributed by atoms with E-state index >= 15 is 0 Å². The SMILES string of the molecule is Cc1ncoc1C(=O)N1CCC(OCCBr)CC1. The normalized spacial score (nSPS) is 17.1. The summed E-state index contributed by atoms with van der Waals surface area (Å²) in [4.78, 5) is 17.9. The van der Waals surface area contributed by atoms with Gasteiger partial charge in [-0.2, -0.15) is 0 Å². The number of alkyl halides is 1. The highest BCUT2D eigenvalue weighted by atomic mass is 79.9. The third kappa shape index (κ3) is 3.11. The van der Waals surface area contributed by atoms with Crippen LogP contribution in [0.3, 0.4) is 0 Å². The highest BCUT2D eigenvalue weighted by molar-refractivity contribution is 9.09. The lowest BCUT2D eigenvalue weighted by Gasteiger charge is -2.31. The molecule has 2 rings (SSSR count). The van der Waals surface area contributed by atoms with Crippen LogP contribution in [0.2, 0.25) is 0 Å². The van der Waals surface area contributed by atoms with Gasteiger partial charge >= 0.3 is 0 Å². The Kier molecular flexibility index (Phi) is 4.77. The van der Waals surface area contributed by atoms with Crippen molar-refractivity contribution in [3.05, 3.63) is 17.8 Å². The molecule has 0 saturated carbocycles. The number of aromatic nitrogens is 1. The Morgan fingerprint density at radius 2 is 2.33 bits per heavy atom. The van der Waals surface area contributed by atoms with Gasteiger partial charge in [-0.25, -0.2) is 4.98 Å². The average Bonchev–Trinajstić information content (AvgIpc) is 2.82. The molecule has 18 heavy (non-hydrogen) atoms. The molecule has 6 heteroatoms. The summed E-state index contributed by atoms with van der Waals surface area (Å²) in [6.07, 6.45) is 3.34. The van der Waals surface area contributed by atoms with Gasteiger partial charge in [0, 0.05) is 18.4 Å². The Morgan fingerprint density at radius 1 is 1.61 bits per heavy atom. The molecule has 0 aromatic carbocycles. The van der Waals surface area contributed by atoms with Crippen molar-refractivity contribution in [2.45, 2.75) is 25.9 Å². The number of carbonyl (C=O) groups excluding carboxylic acids is 1. The minimum Gasteiger partial charge on any atom is -0.438 e. The summed E-state index contributed by atoms with van der Waals surface area (Å²) in [5.41, 5.74) is 0.651. The van der Waals surface area contributed by atoms with Crippen LogP contribution in [0.25, 0.3) is 0 Å². The van der Waals surface area contributed by atoms with E-state index in [-0.39, 0.29) is 12.0 Å². The summed E-state index contributed by atoms with van der Waals surface area (Å²) in [5.74, 6) is 0.291. The summed E-state index contributed by atoms with van der Waals surface area (Å²) < 4.78 is 10.8. The van der Waals surface area contributed by atoms with Crippen molar-refractivity contribution in [2.75, 3.05) is 25.0 Å².